The van der Waals surface area contributed by atoms with E-state index >= 15 is 0 Å². The third-order valence-corrected chi connectivity index (χ3v) is 7.53. The second-order valence-electron chi connectivity index (χ2n) is 11.6. The van der Waals surface area contributed by atoms with Crippen molar-refractivity contribution < 1.29 is 37.9 Å². The molecule has 1 aromatic heterocycles. The lowest BCUT2D eigenvalue weighted by molar-refractivity contribution is -0.219. The third kappa shape index (κ3) is 9.42. The number of amides is 1. The monoisotopic (exact) mass is 637 g/mol. The molecule has 17 heteroatoms. The highest BCUT2D eigenvalue weighted by molar-refractivity contribution is 7.46. The molecule has 16 nitrogen and oxygen atoms in total. The Labute approximate surface area is 253 Å². The Hall–Kier alpha value is -3.65. The summed E-state index contributed by atoms with van der Waals surface area (Å²) in [5.41, 5.74) is 7.89. The zero-order valence-corrected chi connectivity index (χ0v) is 26.3. The number of hydrogen-bond donors (Lipinski definition) is 2. The van der Waals surface area contributed by atoms with Crippen LogP contribution in [0, 0.1) is 6.92 Å². The van der Waals surface area contributed by atoms with E-state index in [-0.39, 0.29) is 36.8 Å². The molecule has 0 saturated carbocycles. The summed E-state index contributed by atoms with van der Waals surface area (Å²) in [4.78, 5) is 55.7. The SMILES string of the molecule is Cc1cn([C@H]2C[C@H](N=[N+]=[N-])[C@@H](COP(=O)([O-])Oc3ccc(C[C@@H](CO)N(C(=O)OC(C)(C)C)C(C)C)cc3)O2)c(=O)[nH]c1=O. The third-order valence-electron chi connectivity index (χ3n) is 6.63. The van der Waals surface area contributed by atoms with Crippen LogP contribution in [0.2, 0.25) is 0 Å². The fourth-order valence-corrected chi connectivity index (χ4v) is 5.41. The molecule has 0 radical (unpaired) electrons. The first-order chi connectivity index (χ1) is 20.5. The summed E-state index contributed by atoms with van der Waals surface area (Å²) in [6.07, 6.45) is -0.936. The molecule has 1 aliphatic rings. The lowest BCUT2D eigenvalue weighted by Crippen LogP contribution is -2.49. The number of phosphoric acid groups is 1. The van der Waals surface area contributed by atoms with E-state index in [0.717, 1.165) is 4.57 Å². The van der Waals surface area contributed by atoms with Crippen molar-refractivity contribution in [3.63, 3.8) is 0 Å². The highest BCUT2D eigenvalue weighted by Crippen LogP contribution is 2.41. The van der Waals surface area contributed by atoms with Gasteiger partial charge in [-0.3, -0.25) is 18.9 Å². The maximum atomic E-state index is 12.8. The fraction of sp³-hybridized carbons (Fsp3) is 0.593. The van der Waals surface area contributed by atoms with Gasteiger partial charge in [-0.15, -0.1) is 0 Å². The number of hydrogen-bond acceptors (Lipinski definition) is 11. The average Bonchev–Trinajstić information content (AvgIpc) is 3.31. The number of benzene rings is 1. The van der Waals surface area contributed by atoms with Gasteiger partial charge >= 0.3 is 19.6 Å². The quantitative estimate of drug-likeness (QED) is 0.150. The molecule has 1 aromatic carbocycles. The number of azide groups is 1. The minimum atomic E-state index is -4.93. The molecular formula is C27H38N6O10P-. The van der Waals surface area contributed by atoms with Gasteiger partial charge in [0.25, 0.3) is 5.56 Å². The smallest absolute Gasteiger partial charge is 0.410 e. The first-order valence-corrected chi connectivity index (χ1v) is 15.4. The number of phosphoric ester groups is 1. The summed E-state index contributed by atoms with van der Waals surface area (Å²) in [7, 11) is -4.93. The van der Waals surface area contributed by atoms with E-state index < -0.39 is 61.8 Å². The zero-order chi connectivity index (χ0) is 32.8. The van der Waals surface area contributed by atoms with Crippen LogP contribution < -0.4 is 20.7 Å². The van der Waals surface area contributed by atoms with Crippen LogP contribution >= 0.6 is 7.82 Å². The Morgan fingerprint density at radius 1 is 1.32 bits per heavy atom. The van der Waals surface area contributed by atoms with E-state index in [2.05, 4.69) is 15.0 Å². The fourth-order valence-electron chi connectivity index (χ4n) is 4.65. The topological polar surface area (TPSA) is 221 Å². The molecule has 1 saturated heterocycles. The summed E-state index contributed by atoms with van der Waals surface area (Å²) in [5, 5.41) is 13.7. The standard InChI is InChI=1S/C27H39N6O10P/c1-16(2)33(26(37)42-27(4,5)6)19(14-34)11-18-7-9-20(10-8-18)43-44(38,39)40-15-22-21(30-31-28)12-23(41-22)32-13-17(3)24(35)29-25(32)36/h7-10,13,16,19,21-23,34H,11-12,14-15H2,1-6H3,(H,38,39)(H,29,35,36)/p-1/t19-,21-,22+,23+/m0/s1. The number of H-pyrrole nitrogens is 1. The number of rotatable bonds is 12. The van der Waals surface area contributed by atoms with Gasteiger partial charge in [0.1, 0.15) is 17.6 Å². The predicted molar refractivity (Wildman–Crippen MR) is 156 cm³/mol. The zero-order valence-electron chi connectivity index (χ0n) is 25.4. The van der Waals surface area contributed by atoms with E-state index in [1.165, 1.54) is 30.2 Å². The van der Waals surface area contributed by atoms with Gasteiger partial charge in [-0.05, 0) is 71.2 Å². The molecule has 1 aliphatic heterocycles. The lowest BCUT2D eigenvalue weighted by atomic mass is 10.0. The molecule has 2 N–H and O–H groups in total. The molecule has 0 spiro atoms. The van der Waals surface area contributed by atoms with Crippen LogP contribution in [0.4, 0.5) is 4.79 Å². The first-order valence-electron chi connectivity index (χ1n) is 13.9. The predicted octanol–water partition coefficient (Wildman–Crippen LogP) is 2.92. The highest BCUT2D eigenvalue weighted by Gasteiger charge is 2.37. The summed E-state index contributed by atoms with van der Waals surface area (Å²) in [6.45, 7) is 9.49. The van der Waals surface area contributed by atoms with Crippen molar-refractivity contribution in [2.45, 2.75) is 90.4 Å². The summed E-state index contributed by atoms with van der Waals surface area (Å²) in [6, 6.07) is 4.28. The molecule has 1 unspecified atom stereocenters. The number of carbonyl (C=O) groups excluding carboxylic acids is 1. The Morgan fingerprint density at radius 3 is 2.55 bits per heavy atom. The normalized spacial score (nSPS) is 20.4. The molecule has 5 atom stereocenters. The number of nitrogens with zero attached hydrogens (tertiary/aromatic N) is 5. The maximum Gasteiger partial charge on any atom is 0.410 e. The number of carbonyl (C=O) groups is 1. The van der Waals surface area contributed by atoms with Crippen molar-refractivity contribution in [3.8, 4) is 5.75 Å². The van der Waals surface area contributed by atoms with E-state index in [1.807, 2.05) is 13.8 Å². The van der Waals surface area contributed by atoms with Gasteiger partial charge in [0, 0.05) is 29.1 Å². The van der Waals surface area contributed by atoms with Crippen LogP contribution in [-0.2, 0) is 25.0 Å². The van der Waals surface area contributed by atoms with E-state index in [9.17, 15) is 28.9 Å². The minimum absolute atomic E-state index is 0.0337. The van der Waals surface area contributed by atoms with Crippen molar-refractivity contribution in [1.82, 2.24) is 14.5 Å². The van der Waals surface area contributed by atoms with Crippen molar-refractivity contribution in [2.24, 2.45) is 5.11 Å². The van der Waals surface area contributed by atoms with E-state index in [4.69, 9.17) is 24.1 Å². The molecule has 1 amide bonds. The second kappa shape index (κ2) is 14.4. The number of aliphatic hydroxyl groups excluding tert-OH is 1. The van der Waals surface area contributed by atoms with Gasteiger partial charge in [-0.1, -0.05) is 17.2 Å². The van der Waals surface area contributed by atoms with Crippen LogP contribution in [0.25, 0.3) is 10.4 Å². The van der Waals surface area contributed by atoms with Crippen molar-refractivity contribution in [3.05, 3.63) is 72.9 Å². The van der Waals surface area contributed by atoms with Crippen molar-refractivity contribution in [2.75, 3.05) is 13.2 Å². The maximum absolute atomic E-state index is 12.8. The molecule has 3 rings (SSSR count). The molecule has 44 heavy (non-hydrogen) atoms. The molecule has 2 aromatic rings. The number of nitrogens with one attached hydrogen (secondary N) is 1. The van der Waals surface area contributed by atoms with Crippen LogP contribution in [0.15, 0.2) is 45.2 Å². The van der Waals surface area contributed by atoms with Crippen LogP contribution in [-0.4, -0.2) is 68.7 Å². The van der Waals surface area contributed by atoms with Gasteiger partial charge in [-0.25, -0.2) is 9.59 Å². The second-order valence-corrected chi connectivity index (χ2v) is 13.0. The van der Waals surface area contributed by atoms with Gasteiger partial charge in [0.05, 0.1) is 31.4 Å². The number of aryl methyl sites for hydroxylation is 1. The number of aromatic nitrogens is 2. The van der Waals surface area contributed by atoms with E-state index in [1.54, 1.807) is 32.9 Å². The van der Waals surface area contributed by atoms with Crippen LogP contribution in [0.1, 0.15) is 58.4 Å². The van der Waals surface area contributed by atoms with Gasteiger partial charge in [0.15, 0.2) is 0 Å². The molecule has 0 aliphatic carbocycles. The molecule has 2 heterocycles. The van der Waals surface area contributed by atoms with Crippen molar-refractivity contribution in [1.29, 1.82) is 0 Å². The Kier molecular flexibility index (Phi) is 11.4. The molecule has 1 fully saturated rings. The Morgan fingerprint density at radius 2 is 1.98 bits per heavy atom. The summed E-state index contributed by atoms with van der Waals surface area (Å²) >= 11 is 0. The largest absolute Gasteiger partial charge is 0.746 e. The highest BCUT2D eigenvalue weighted by atomic mass is 31.2. The average molecular weight is 638 g/mol. The molecular weight excluding hydrogens is 599 g/mol. The van der Waals surface area contributed by atoms with Crippen LogP contribution in [0.3, 0.4) is 0 Å². The van der Waals surface area contributed by atoms with Crippen LogP contribution in [0.5, 0.6) is 5.75 Å². The van der Waals surface area contributed by atoms with Gasteiger partial charge in [0.2, 0.25) is 0 Å². The summed E-state index contributed by atoms with van der Waals surface area (Å²) < 4.78 is 35.1. The molecule has 242 valence electrons. The lowest BCUT2D eigenvalue weighted by Gasteiger charge is -2.35. The van der Waals surface area contributed by atoms with Gasteiger partial charge < -0.3 is 33.4 Å². The Balaban J connectivity index is 1.64. The van der Waals surface area contributed by atoms with Crippen molar-refractivity contribution >= 4 is 13.9 Å². The number of ether oxygens (including phenoxy) is 2. The van der Waals surface area contributed by atoms with Gasteiger partial charge in [-0.2, -0.15) is 0 Å². The Bertz CT molecular complexity index is 1510. The minimum Gasteiger partial charge on any atom is -0.746 e. The summed E-state index contributed by atoms with van der Waals surface area (Å²) in [5.74, 6) is -0.0485. The number of aliphatic hydroxyl groups is 1. The number of aromatic amines is 1. The van der Waals surface area contributed by atoms with E-state index in [0.29, 0.717) is 5.56 Å². The first kappa shape index (κ1) is 34.8. The molecule has 0 bridgehead atoms.